The van der Waals surface area contributed by atoms with E-state index in [1.54, 1.807) is 22.7 Å². The molecule has 0 bridgehead atoms. The summed E-state index contributed by atoms with van der Waals surface area (Å²) in [5.74, 6) is 0. The van der Waals surface area contributed by atoms with Gasteiger partial charge in [-0.25, -0.2) is 4.98 Å². The van der Waals surface area contributed by atoms with Crippen molar-refractivity contribution in [2.75, 3.05) is 0 Å². The van der Waals surface area contributed by atoms with E-state index < -0.39 is 0 Å². The molecule has 0 aliphatic rings. The van der Waals surface area contributed by atoms with Crippen molar-refractivity contribution in [1.29, 1.82) is 0 Å². The number of aromatic nitrogens is 1. The van der Waals surface area contributed by atoms with Crippen LogP contribution in [0, 0.1) is 0 Å². The van der Waals surface area contributed by atoms with Crippen LogP contribution in [0.4, 0.5) is 0 Å². The molecule has 0 atom stereocenters. The summed E-state index contributed by atoms with van der Waals surface area (Å²) in [6.07, 6.45) is 0. The van der Waals surface area contributed by atoms with Crippen LogP contribution in [0.15, 0.2) is 72.8 Å². The van der Waals surface area contributed by atoms with Gasteiger partial charge in [-0.3, -0.25) is 0 Å². The molecular formula is C23H12ClNS2. The summed E-state index contributed by atoms with van der Waals surface area (Å²) in [7, 11) is 0. The molecule has 2 aromatic heterocycles. The van der Waals surface area contributed by atoms with Gasteiger partial charge in [0.15, 0.2) is 0 Å². The van der Waals surface area contributed by atoms with Crippen LogP contribution in [0.1, 0.15) is 0 Å². The molecule has 4 aromatic carbocycles. The molecule has 1 nitrogen and oxygen atoms in total. The third-order valence-corrected chi connectivity index (χ3v) is 7.65. The number of fused-ring (bicyclic) bond motifs is 5. The first-order chi connectivity index (χ1) is 13.3. The predicted octanol–water partition coefficient (Wildman–Crippen LogP) is 8.14. The minimum absolute atomic E-state index is 0.821. The molecule has 0 radical (unpaired) electrons. The number of nitrogens with zero attached hydrogens (tertiary/aromatic N) is 1. The molecule has 4 heteroatoms. The Bertz CT molecular complexity index is 1490. The zero-order chi connectivity index (χ0) is 18.0. The fraction of sp³-hybridized carbons (Fsp3) is 0. The van der Waals surface area contributed by atoms with Crippen molar-refractivity contribution < 1.29 is 0 Å². The smallest absolute Gasteiger partial charge is 0.124 e. The van der Waals surface area contributed by atoms with Gasteiger partial charge >= 0.3 is 0 Å². The topological polar surface area (TPSA) is 12.9 Å². The van der Waals surface area contributed by atoms with Gasteiger partial charge in [-0.05, 0) is 35.0 Å². The van der Waals surface area contributed by atoms with Crippen LogP contribution in [-0.2, 0) is 0 Å². The Kier molecular flexibility index (Phi) is 3.33. The lowest BCUT2D eigenvalue weighted by atomic mass is 10.1. The third-order valence-electron chi connectivity index (χ3n) is 4.96. The van der Waals surface area contributed by atoms with Gasteiger partial charge in [0, 0.05) is 21.0 Å². The normalized spacial score (nSPS) is 11.9. The number of rotatable bonds is 1. The Hall–Kier alpha value is -2.46. The second-order valence-electron chi connectivity index (χ2n) is 6.62. The van der Waals surface area contributed by atoms with E-state index in [0.29, 0.717) is 0 Å². The highest BCUT2D eigenvalue weighted by molar-refractivity contribution is 7.27. The molecule has 6 aromatic rings. The summed E-state index contributed by atoms with van der Waals surface area (Å²) in [5, 5.41) is 6.88. The first-order valence-electron chi connectivity index (χ1n) is 8.67. The quantitative estimate of drug-likeness (QED) is 0.271. The molecule has 6 rings (SSSR count). The van der Waals surface area contributed by atoms with Crippen molar-refractivity contribution in [1.82, 2.24) is 4.98 Å². The van der Waals surface area contributed by atoms with Gasteiger partial charge in [-0.1, -0.05) is 60.1 Å². The van der Waals surface area contributed by atoms with E-state index in [4.69, 9.17) is 16.6 Å². The summed E-state index contributed by atoms with van der Waals surface area (Å²) >= 11 is 9.88. The number of halogens is 1. The Morgan fingerprint density at radius 1 is 0.704 bits per heavy atom. The van der Waals surface area contributed by atoms with Crippen LogP contribution in [0.2, 0.25) is 5.02 Å². The van der Waals surface area contributed by atoms with Crippen LogP contribution in [0.5, 0.6) is 0 Å². The minimum atomic E-state index is 0.821. The number of benzene rings is 4. The molecule has 0 fully saturated rings. The highest BCUT2D eigenvalue weighted by Gasteiger charge is 2.12. The monoisotopic (exact) mass is 401 g/mol. The fourth-order valence-corrected chi connectivity index (χ4v) is 6.03. The van der Waals surface area contributed by atoms with Crippen LogP contribution in [-0.4, -0.2) is 4.98 Å². The molecular weight excluding hydrogens is 390 g/mol. The van der Waals surface area contributed by atoms with Crippen molar-refractivity contribution in [2.45, 2.75) is 0 Å². The van der Waals surface area contributed by atoms with Gasteiger partial charge in [0.05, 0.1) is 19.9 Å². The second-order valence-corrected chi connectivity index (χ2v) is 9.11. The van der Waals surface area contributed by atoms with E-state index >= 15 is 0 Å². The molecule has 0 unspecified atom stereocenters. The Morgan fingerprint density at radius 3 is 2.52 bits per heavy atom. The van der Waals surface area contributed by atoms with Crippen LogP contribution in [0.25, 0.3) is 51.7 Å². The summed E-state index contributed by atoms with van der Waals surface area (Å²) in [6, 6.07) is 25.6. The first-order valence-corrected chi connectivity index (χ1v) is 10.7. The van der Waals surface area contributed by atoms with E-state index in [1.807, 2.05) is 12.1 Å². The van der Waals surface area contributed by atoms with Gasteiger partial charge < -0.3 is 0 Å². The number of thiophene rings is 1. The molecule has 0 amide bonds. The maximum atomic E-state index is 6.38. The van der Waals surface area contributed by atoms with Gasteiger partial charge in [0.1, 0.15) is 5.01 Å². The lowest BCUT2D eigenvalue weighted by molar-refractivity contribution is 1.49. The first kappa shape index (κ1) is 15.6. The molecule has 128 valence electrons. The van der Waals surface area contributed by atoms with Gasteiger partial charge in [-0.15, -0.1) is 22.7 Å². The van der Waals surface area contributed by atoms with Crippen LogP contribution < -0.4 is 0 Å². The van der Waals surface area contributed by atoms with Crippen molar-refractivity contribution in [3.05, 3.63) is 77.8 Å². The Labute approximate surface area is 168 Å². The average Bonchev–Trinajstić information content (AvgIpc) is 3.27. The number of thiazole rings is 1. The zero-order valence-electron chi connectivity index (χ0n) is 14.1. The lowest BCUT2D eigenvalue weighted by Gasteiger charge is -2.00. The van der Waals surface area contributed by atoms with Crippen molar-refractivity contribution >= 4 is 75.4 Å². The third kappa shape index (κ3) is 2.39. The standard InChI is InChI=1S/C23H12ClNS2/c24-18-7-3-6-16-17-11-21-19(12-20(17)26-22(16)18)25-23(27-21)15-9-8-13-4-1-2-5-14(13)10-15/h1-12H. The van der Waals surface area contributed by atoms with Gasteiger partial charge in [0.25, 0.3) is 0 Å². The predicted molar refractivity (Wildman–Crippen MR) is 120 cm³/mol. The van der Waals surface area contributed by atoms with E-state index in [0.717, 1.165) is 20.2 Å². The second kappa shape index (κ2) is 5.77. The van der Waals surface area contributed by atoms with E-state index in [1.165, 1.54) is 36.5 Å². The van der Waals surface area contributed by atoms with Crippen molar-refractivity contribution in [3.8, 4) is 10.6 Å². The SMILES string of the molecule is Clc1cccc2c1sc1cc3nc(-c4ccc5ccccc5c4)sc3cc12. The molecule has 0 aliphatic heterocycles. The zero-order valence-corrected chi connectivity index (χ0v) is 16.5. The molecule has 0 spiro atoms. The lowest BCUT2D eigenvalue weighted by Crippen LogP contribution is -1.77. The van der Waals surface area contributed by atoms with Crippen LogP contribution in [0.3, 0.4) is 0 Å². The van der Waals surface area contributed by atoms with Gasteiger partial charge in [0.2, 0.25) is 0 Å². The molecule has 2 heterocycles. The van der Waals surface area contributed by atoms with E-state index in [9.17, 15) is 0 Å². The van der Waals surface area contributed by atoms with Crippen molar-refractivity contribution in [2.24, 2.45) is 0 Å². The molecule has 27 heavy (non-hydrogen) atoms. The summed E-state index contributed by atoms with van der Waals surface area (Å²) < 4.78 is 3.60. The number of hydrogen-bond donors (Lipinski definition) is 0. The summed E-state index contributed by atoms with van der Waals surface area (Å²) in [6.45, 7) is 0. The highest BCUT2D eigenvalue weighted by atomic mass is 35.5. The fourth-order valence-electron chi connectivity index (χ4n) is 3.63. The van der Waals surface area contributed by atoms with Crippen molar-refractivity contribution in [3.63, 3.8) is 0 Å². The maximum Gasteiger partial charge on any atom is 0.124 e. The maximum absolute atomic E-state index is 6.38. The Balaban J connectivity index is 1.58. The minimum Gasteiger partial charge on any atom is -0.236 e. The Morgan fingerprint density at radius 2 is 1.59 bits per heavy atom. The average molecular weight is 402 g/mol. The van der Waals surface area contributed by atoms with Gasteiger partial charge in [-0.2, -0.15) is 0 Å². The molecule has 0 N–H and O–H groups in total. The molecule has 0 saturated heterocycles. The van der Waals surface area contributed by atoms with Crippen LogP contribution >= 0.6 is 34.3 Å². The molecule has 0 aliphatic carbocycles. The summed E-state index contributed by atoms with van der Waals surface area (Å²) in [4.78, 5) is 4.92. The van der Waals surface area contributed by atoms with E-state index in [2.05, 4.69) is 60.7 Å². The largest absolute Gasteiger partial charge is 0.236 e. The number of hydrogen-bond acceptors (Lipinski definition) is 3. The highest BCUT2D eigenvalue weighted by Crippen LogP contribution is 2.41. The summed E-state index contributed by atoms with van der Waals surface area (Å²) in [5.41, 5.74) is 2.23. The van der Waals surface area contributed by atoms with E-state index in [-0.39, 0.29) is 0 Å². The molecule has 0 saturated carbocycles.